The van der Waals surface area contributed by atoms with Crippen molar-refractivity contribution in [1.29, 1.82) is 0 Å². The fourth-order valence-electron chi connectivity index (χ4n) is 1.34. The van der Waals surface area contributed by atoms with Gasteiger partial charge in [-0.1, -0.05) is 19.8 Å². The molecule has 0 aromatic carbocycles. The third-order valence-electron chi connectivity index (χ3n) is 2.09. The third kappa shape index (κ3) is 2.61. The Bertz CT molecular complexity index is 254. The largest absolute Gasteiger partial charge is 0.548 e. The summed E-state index contributed by atoms with van der Waals surface area (Å²) in [5.41, 5.74) is 0. The average molecular weight is 180 g/mol. The standard InChI is InChI=1S/C10H15NO2/c1-2-3-6-9(10(12)13)11-7-4-5-8-11/h4-5,7-9H,2-3,6H2,1H3,(H,12,13)/p-1/t9-/m1/s1. The van der Waals surface area contributed by atoms with Crippen molar-refractivity contribution >= 4 is 5.97 Å². The van der Waals surface area contributed by atoms with Crippen LogP contribution in [-0.2, 0) is 4.79 Å². The van der Waals surface area contributed by atoms with Crippen LogP contribution in [0.3, 0.4) is 0 Å². The Morgan fingerprint density at radius 3 is 2.54 bits per heavy atom. The van der Waals surface area contributed by atoms with Gasteiger partial charge in [-0.3, -0.25) is 0 Å². The highest BCUT2D eigenvalue weighted by molar-refractivity contribution is 5.69. The van der Waals surface area contributed by atoms with Gasteiger partial charge < -0.3 is 14.5 Å². The molecular formula is C10H14NO2-. The number of carboxylic acids is 1. The molecule has 72 valence electrons. The molecule has 0 saturated heterocycles. The number of hydrogen-bond acceptors (Lipinski definition) is 2. The molecule has 1 aromatic heterocycles. The van der Waals surface area contributed by atoms with Crippen molar-refractivity contribution < 1.29 is 9.90 Å². The Morgan fingerprint density at radius 1 is 1.46 bits per heavy atom. The third-order valence-corrected chi connectivity index (χ3v) is 2.09. The van der Waals surface area contributed by atoms with E-state index in [4.69, 9.17) is 0 Å². The van der Waals surface area contributed by atoms with E-state index in [-0.39, 0.29) is 0 Å². The number of carbonyl (C=O) groups is 1. The molecule has 0 N–H and O–H groups in total. The lowest BCUT2D eigenvalue weighted by molar-refractivity contribution is -0.310. The fraction of sp³-hybridized carbons (Fsp3) is 0.500. The lowest BCUT2D eigenvalue weighted by Gasteiger charge is -2.19. The highest BCUT2D eigenvalue weighted by Gasteiger charge is 2.09. The number of carboxylic acid groups (broad SMARTS) is 1. The number of aliphatic carboxylic acids is 1. The summed E-state index contributed by atoms with van der Waals surface area (Å²) in [5, 5.41) is 10.8. The average Bonchev–Trinajstić information content (AvgIpc) is 2.57. The van der Waals surface area contributed by atoms with E-state index in [1.54, 1.807) is 17.0 Å². The van der Waals surface area contributed by atoms with Gasteiger partial charge in [-0.15, -0.1) is 0 Å². The van der Waals surface area contributed by atoms with Crippen LogP contribution in [0.25, 0.3) is 0 Å². The monoisotopic (exact) mass is 180 g/mol. The molecule has 0 radical (unpaired) electrons. The molecule has 0 saturated carbocycles. The first-order valence-corrected chi connectivity index (χ1v) is 4.59. The predicted molar refractivity (Wildman–Crippen MR) is 48.0 cm³/mol. The van der Waals surface area contributed by atoms with Crippen molar-refractivity contribution in [3.8, 4) is 0 Å². The predicted octanol–water partition coefficient (Wildman–Crippen LogP) is 0.969. The molecular weight excluding hydrogens is 166 g/mol. The van der Waals surface area contributed by atoms with Crippen LogP contribution in [0.15, 0.2) is 24.5 Å². The maximum atomic E-state index is 10.8. The first-order chi connectivity index (χ1) is 6.25. The summed E-state index contributed by atoms with van der Waals surface area (Å²) in [6, 6.07) is 3.14. The van der Waals surface area contributed by atoms with E-state index in [0.29, 0.717) is 6.42 Å². The second-order valence-electron chi connectivity index (χ2n) is 3.11. The highest BCUT2D eigenvalue weighted by Crippen LogP contribution is 2.14. The van der Waals surface area contributed by atoms with Gasteiger partial charge in [0, 0.05) is 12.4 Å². The summed E-state index contributed by atoms with van der Waals surface area (Å²) in [6.45, 7) is 2.04. The maximum Gasteiger partial charge on any atom is 0.0724 e. The molecule has 0 amide bonds. The molecule has 0 unspecified atom stereocenters. The van der Waals surface area contributed by atoms with E-state index in [2.05, 4.69) is 0 Å². The van der Waals surface area contributed by atoms with Crippen molar-refractivity contribution in [3.05, 3.63) is 24.5 Å². The molecule has 1 aromatic rings. The maximum absolute atomic E-state index is 10.8. The summed E-state index contributed by atoms with van der Waals surface area (Å²) < 4.78 is 1.69. The molecule has 0 fully saturated rings. The second kappa shape index (κ2) is 4.70. The van der Waals surface area contributed by atoms with Gasteiger partial charge >= 0.3 is 0 Å². The molecule has 0 spiro atoms. The molecule has 0 bridgehead atoms. The Morgan fingerprint density at radius 2 is 2.08 bits per heavy atom. The van der Waals surface area contributed by atoms with Crippen LogP contribution in [0, 0.1) is 0 Å². The first kappa shape index (κ1) is 9.84. The molecule has 1 rings (SSSR count). The number of unbranched alkanes of at least 4 members (excludes halogenated alkanes) is 1. The Kier molecular flexibility index (Phi) is 3.55. The van der Waals surface area contributed by atoms with Crippen molar-refractivity contribution in [1.82, 2.24) is 4.57 Å². The molecule has 1 atom stereocenters. The van der Waals surface area contributed by atoms with Crippen LogP contribution in [0.1, 0.15) is 32.2 Å². The van der Waals surface area contributed by atoms with E-state index < -0.39 is 12.0 Å². The molecule has 0 aliphatic heterocycles. The fourth-order valence-corrected chi connectivity index (χ4v) is 1.34. The SMILES string of the molecule is CCCC[C@H](C(=O)[O-])n1cccc1. The van der Waals surface area contributed by atoms with Crippen LogP contribution in [0.5, 0.6) is 0 Å². The number of carbonyl (C=O) groups excluding carboxylic acids is 1. The van der Waals surface area contributed by atoms with Gasteiger partial charge in [-0.05, 0) is 18.6 Å². The summed E-state index contributed by atoms with van der Waals surface area (Å²) in [4.78, 5) is 10.8. The van der Waals surface area contributed by atoms with E-state index >= 15 is 0 Å². The van der Waals surface area contributed by atoms with E-state index in [1.165, 1.54) is 0 Å². The summed E-state index contributed by atoms with van der Waals surface area (Å²) in [7, 11) is 0. The number of rotatable bonds is 5. The van der Waals surface area contributed by atoms with Gasteiger partial charge in [0.1, 0.15) is 0 Å². The minimum atomic E-state index is -0.996. The van der Waals surface area contributed by atoms with Crippen LogP contribution >= 0.6 is 0 Å². The van der Waals surface area contributed by atoms with Gasteiger partial charge in [-0.25, -0.2) is 0 Å². The molecule has 3 heteroatoms. The van der Waals surface area contributed by atoms with Crippen molar-refractivity contribution in [2.24, 2.45) is 0 Å². The zero-order valence-corrected chi connectivity index (χ0v) is 7.77. The lowest BCUT2D eigenvalue weighted by Crippen LogP contribution is -2.32. The normalized spacial score (nSPS) is 12.7. The van der Waals surface area contributed by atoms with Crippen LogP contribution in [-0.4, -0.2) is 10.5 Å². The Hall–Kier alpha value is -1.25. The molecule has 1 heterocycles. The molecule has 3 nitrogen and oxygen atoms in total. The Labute approximate surface area is 78.0 Å². The van der Waals surface area contributed by atoms with Crippen molar-refractivity contribution in [2.75, 3.05) is 0 Å². The van der Waals surface area contributed by atoms with Crippen molar-refractivity contribution in [3.63, 3.8) is 0 Å². The first-order valence-electron chi connectivity index (χ1n) is 4.59. The summed E-state index contributed by atoms with van der Waals surface area (Å²) >= 11 is 0. The van der Waals surface area contributed by atoms with Gasteiger partial charge in [0.15, 0.2) is 0 Å². The molecule has 0 aliphatic rings. The number of nitrogens with zero attached hydrogens (tertiary/aromatic N) is 1. The number of aromatic nitrogens is 1. The van der Waals surface area contributed by atoms with Gasteiger partial charge in [-0.2, -0.15) is 0 Å². The minimum Gasteiger partial charge on any atom is -0.548 e. The van der Waals surface area contributed by atoms with Gasteiger partial charge in [0.2, 0.25) is 0 Å². The minimum absolute atomic E-state index is 0.505. The highest BCUT2D eigenvalue weighted by atomic mass is 16.4. The topological polar surface area (TPSA) is 45.1 Å². The quantitative estimate of drug-likeness (QED) is 0.677. The zero-order valence-electron chi connectivity index (χ0n) is 7.77. The summed E-state index contributed by atoms with van der Waals surface area (Å²) in [6.07, 6.45) is 6.08. The van der Waals surface area contributed by atoms with Gasteiger partial charge in [0.25, 0.3) is 0 Å². The lowest BCUT2D eigenvalue weighted by atomic mass is 10.1. The molecule has 0 aliphatic carbocycles. The second-order valence-corrected chi connectivity index (χ2v) is 3.11. The van der Waals surface area contributed by atoms with Crippen molar-refractivity contribution in [2.45, 2.75) is 32.2 Å². The summed E-state index contributed by atoms with van der Waals surface area (Å²) in [5.74, 6) is -0.996. The van der Waals surface area contributed by atoms with Crippen LogP contribution < -0.4 is 5.11 Å². The van der Waals surface area contributed by atoms with Crippen LogP contribution in [0.4, 0.5) is 0 Å². The van der Waals surface area contributed by atoms with E-state index in [0.717, 1.165) is 12.8 Å². The Balaban J connectivity index is 2.63. The van der Waals surface area contributed by atoms with Gasteiger partial charge in [0.05, 0.1) is 12.0 Å². The van der Waals surface area contributed by atoms with E-state index in [9.17, 15) is 9.90 Å². The zero-order chi connectivity index (χ0) is 9.68. The smallest absolute Gasteiger partial charge is 0.0724 e. The van der Waals surface area contributed by atoms with Crippen LogP contribution in [0.2, 0.25) is 0 Å². The number of hydrogen-bond donors (Lipinski definition) is 0. The van der Waals surface area contributed by atoms with E-state index in [1.807, 2.05) is 19.1 Å². The molecule has 13 heavy (non-hydrogen) atoms.